The van der Waals surface area contributed by atoms with Gasteiger partial charge in [0, 0.05) is 13.0 Å². The number of ether oxygens (including phenoxy) is 1. The topological polar surface area (TPSA) is 75.6 Å². The van der Waals surface area contributed by atoms with Crippen molar-refractivity contribution in [2.45, 2.75) is 19.6 Å². The Morgan fingerprint density at radius 2 is 2.38 bits per heavy atom. The molecule has 0 radical (unpaired) electrons. The number of hydrogen-bond acceptors (Lipinski definition) is 3. The molecule has 0 aliphatic heterocycles. The van der Waals surface area contributed by atoms with Crippen LogP contribution in [0.2, 0.25) is 0 Å². The first kappa shape index (κ1) is 12.2. The zero-order valence-corrected chi connectivity index (χ0v) is 8.63. The van der Waals surface area contributed by atoms with Gasteiger partial charge in [0.15, 0.2) is 0 Å². The molecular formula is C7H10BrNO4. The molecule has 13 heavy (non-hydrogen) atoms. The van der Waals surface area contributed by atoms with Gasteiger partial charge in [-0.1, -0.05) is 0 Å². The molecule has 6 heteroatoms. The molecule has 0 saturated carbocycles. The predicted octanol–water partition coefficient (Wildman–Crippen LogP) is 1.12. The lowest BCUT2D eigenvalue weighted by molar-refractivity contribution is 0.0413. The quantitative estimate of drug-likeness (QED) is 0.567. The molecule has 5 nitrogen and oxygen atoms in total. The molecule has 0 fully saturated rings. The Hall–Kier alpha value is -0.840. The Kier molecular flexibility index (Phi) is 6.22. The predicted molar refractivity (Wildman–Crippen MR) is 49.3 cm³/mol. The van der Waals surface area contributed by atoms with Gasteiger partial charge in [-0.25, -0.2) is 9.59 Å². The molecule has 0 aromatic rings. The molecular weight excluding hydrogens is 242 g/mol. The third-order valence-electron chi connectivity index (χ3n) is 1.13. The number of amides is 1. The number of rotatable bonds is 5. The minimum atomic E-state index is -1.19. The summed E-state index contributed by atoms with van der Waals surface area (Å²) in [7, 11) is 0. The average Bonchev–Trinajstić information content (AvgIpc) is 2.03. The molecule has 74 valence electrons. The van der Waals surface area contributed by atoms with Crippen molar-refractivity contribution in [2.75, 3.05) is 6.61 Å². The number of nitrogens with one attached hydrogen (secondary N) is 1. The van der Waals surface area contributed by atoms with E-state index >= 15 is 0 Å². The van der Waals surface area contributed by atoms with Crippen molar-refractivity contribution in [3.8, 4) is 0 Å². The molecule has 0 heterocycles. The molecule has 1 amide bonds. The van der Waals surface area contributed by atoms with Crippen LogP contribution in [0.1, 0.15) is 13.3 Å². The second-order valence-corrected chi connectivity index (χ2v) is 3.06. The van der Waals surface area contributed by atoms with Crippen LogP contribution in [0.25, 0.3) is 0 Å². The number of halogens is 1. The summed E-state index contributed by atoms with van der Waals surface area (Å²) in [4.78, 5) is 20.3. The van der Waals surface area contributed by atoms with E-state index in [1.165, 1.54) is 0 Å². The highest BCUT2D eigenvalue weighted by Gasteiger charge is 2.12. The molecule has 0 aliphatic rings. The number of carboxylic acid groups (broad SMARTS) is 1. The molecule has 0 bridgehead atoms. The molecule has 2 N–H and O–H groups in total. The van der Waals surface area contributed by atoms with Crippen molar-refractivity contribution in [3.05, 3.63) is 4.48 Å². The summed E-state index contributed by atoms with van der Waals surface area (Å²) in [6.07, 6.45) is -1.76. The Balaban J connectivity index is 4.08. The fraction of sp³-hybridized carbons (Fsp3) is 0.571. The summed E-state index contributed by atoms with van der Waals surface area (Å²) < 4.78 is 5.24. The fourth-order valence-electron chi connectivity index (χ4n) is 0.695. The van der Waals surface area contributed by atoms with Crippen molar-refractivity contribution < 1.29 is 19.4 Å². The van der Waals surface area contributed by atoms with E-state index < -0.39 is 12.3 Å². The Labute approximate surface area is 83.9 Å². The third-order valence-corrected chi connectivity index (χ3v) is 1.61. The molecule has 1 unspecified atom stereocenters. The summed E-state index contributed by atoms with van der Waals surface area (Å²) in [5, 5.41) is 10.5. The normalized spacial score (nSPS) is 11.5. The fourth-order valence-corrected chi connectivity index (χ4v) is 0.989. The van der Waals surface area contributed by atoms with Crippen molar-refractivity contribution in [3.63, 3.8) is 0 Å². The van der Waals surface area contributed by atoms with Gasteiger partial charge in [-0.15, -0.1) is 0 Å². The van der Waals surface area contributed by atoms with Crippen LogP contribution in [0, 0.1) is 0 Å². The largest absolute Gasteiger partial charge is 0.465 e. The van der Waals surface area contributed by atoms with Crippen LogP contribution in [0.15, 0.2) is 4.48 Å². The van der Waals surface area contributed by atoms with Crippen LogP contribution in [-0.2, 0) is 9.53 Å². The molecule has 0 aromatic carbocycles. The van der Waals surface area contributed by atoms with E-state index in [0.29, 0.717) is 6.61 Å². The lowest BCUT2D eigenvalue weighted by Gasteiger charge is -2.14. The highest BCUT2D eigenvalue weighted by molar-refractivity contribution is 9.12. The first-order valence-electron chi connectivity index (χ1n) is 3.60. The molecule has 0 aliphatic carbocycles. The first-order chi connectivity index (χ1) is 6.10. The van der Waals surface area contributed by atoms with Crippen LogP contribution < -0.4 is 5.32 Å². The smallest absolute Gasteiger partial charge is 0.406 e. The van der Waals surface area contributed by atoms with Gasteiger partial charge in [0.05, 0.1) is 4.48 Å². The molecule has 0 spiro atoms. The van der Waals surface area contributed by atoms with Crippen molar-refractivity contribution in [2.24, 2.45) is 0 Å². The van der Waals surface area contributed by atoms with Crippen LogP contribution in [0.3, 0.4) is 0 Å². The molecule has 0 aromatic heterocycles. The van der Waals surface area contributed by atoms with Gasteiger partial charge in [0.1, 0.15) is 12.2 Å². The van der Waals surface area contributed by atoms with E-state index in [0.717, 1.165) is 0 Å². The molecule has 1 atom stereocenters. The van der Waals surface area contributed by atoms with E-state index in [-0.39, 0.29) is 10.9 Å². The summed E-state index contributed by atoms with van der Waals surface area (Å²) in [5.41, 5.74) is 0. The maximum Gasteiger partial charge on any atom is 0.406 e. The average molecular weight is 252 g/mol. The van der Waals surface area contributed by atoms with Crippen molar-refractivity contribution in [1.82, 2.24) is 5.32 Å². The SMILES string of the molecule is CCOC(CC(Br)=C=O)NC(=O)O. The number of carbonyl (C=O) groups excluding carboxylic acids is 1. The zero-order valence-electron chi connectivity index (χ0n) is 7.04. The standard InChI is InChI=1S/C7H10BrNO4/c1-2-13-6(9-7(11)12)3-5(8)4-10/h6,9H,2-3H2,1H3,(H,11,12). The zero-order chi connectivity index (χ0) is 10.3. The van der Waals surface area contributed by atoms with E-state index in [2.05, 4.69) is 21.2 Å². The van der Waals surface area contributed by atoms with Gasteiger partial charge in [-0.3, -0.25) is 5.32 Å². The second kappa shape index (κ2) is 6.65. The maximum absolute atomic E-state index is 10.2. The Morgan fingerprint density at radius 3 is 2.77 bits per heavy atom. The van der Waals surface area contributed by atoms with Gasteiger partial charge in [0.25, 0.3) is 0 Å². The Bertz CT molecular complexity index is 225. The van der Waals surface area contributed by atoms with E-state index in [1.807, 2.05) is 0 Å². The van der Waals surface area contributed by atoms with E-state index in [9.17, 15) is 9.59 Å². The van der Waals surface area contributed by atoms with E-state index in [4.69, 9.17) is 9.84 Å². The first-order valence-corrected chi connectivity index (χ1v) is 4.40. The summed E-state index contributed by atoms with van der Waals surface area (Å²) >= 11 is 2.92. The van der Waals surface area contributed by atoms with Gasteiger partial charge < -0.3 is 9.84 Å². The van der Waals surface area contributed by atoms with Crippen LogP contribution in [0.4, 0.5) is 4.79 Å². The van der Waals surface area contributed by atoms with Gasteiger partial charge in [-0.05, 0) is 22.9 Å². The number of carbonyl (C=O) groups is 1. The summed E-state index contributed by atoms with van der Waals surface area (Å²) in [6.45, 7) is 2.10. The highest BCUT2D eigenvalue weighted by atomic mass is 79.9. The van der Waals surface area contributed by atoms with Crippen molar-refractivity contribution in [1.29, 1.82) is 0 Å². The third kappa shape index (κ3) is 6.33. The molecule has 0 saturated heterocycles. The monoisotopic (exact) mass is 251 g/mol. The summed E-state index contributed by atoms with van der Waals surface area (Å²) in [6, 6.07) is 0. The Morgan fingerprint density at radius 1 is 1.77 bits per heavy atom. The minimum absolute atomic E-state index is 0.143. The minimum Gasteiger partial charge on any atom is -0.465 e. The lowest BCUT2D eigenvalue weighted by atomic mass is 10.4. The maximum atomic E-state index is 10.2. The molecule has 0 rings (SSSR count). The van der Waals surface area contributed by atoms with Crippen molar-refractivity contribution >= 4 is 28.0 Å². The van der Waals surface area contributed by atoms with Gasteiger partial charge in [-0.2, -0.15) is 0 Å². The van der Waals surface area contributed by atoms with Crippen LogP contribution >= 0.6 is 15.9 Å². The van der Waals surface area contributed by atoms with E-state index in [1.54, 1.807) is 12.9 Å². The summed E-state index contributed by atoms with van der Waals surface area (Å²) in [5.74, 6) is 1.60. The second-order valence-electron chi connectivity index (χ2n) is 2.10. The van der Waals surface area contributed by atoms with Crippen LogP contribution in [0.5, 0.6) is 0 Å². The lowest BCUT2D eigenvalue weighted by Crippen LogP contribution is -2.35. The van der Waals surface area contributed by atoms with Crippen LogP contribution in [-0.4, -0.2) is 30.0 Å². The highest BCUT2D eigenvalue weighted by Crippen LogP contribution is 2.09. The van der Waals surface area contributed by atoms with Gasteiger partial charge in [0.2, 0.25) is 0 Å². The van der Waals surface area contributed by atoms with Gasteiger partial charge >= 0.3 is 6.09 Å². The number of hydrogen-bond donors (Lipinski definition) is 2.